The third-order valence-corrected chi connectivity index (χ3v) is 9.58. The minimum absolute atomic E-state index is 0.239. The molecule has 0 spiro atoms. The summed E-state index contributed by atoms with van der Waals surface area (Å²) in [5.41, 5.74) is 3.08. The summed E-state index contributed by atoms with van der Waals surface area (Å²) in [5, 5.41) is 0.953. The minimum Gasteiger partial charge on any atom is -0.489 e. The summed E-state index contributed by atoms with van der Waals surface area (Å²) < 4.78 is 6.23. The van der Waals surface area contributed by atoms with E-state index in [2.05, 4.69) is 4.98 Å². The van der Waals surface area contributed by atoms with E-state index >= 15 is 0 Å². The van der Waals surface area contributed by atoms with Crippen LogP contribution >= 0.6 is 46.3 Å². The van der Waals surface area contributed by atoms with Gasteiger partial charge in [0.25, 0.3) is 0 Å². The fraction of sp³-hybridized carbons (Fsp3) is 0.179. The highest BCUT2D eigenvalue weighted by Crippen LogP contribution is 2.54. The van der Waals surface area contributed by atoms with Crippen LogP contribution in [0.3, 0.4) is 0 Å². The first kappa shape index (κ1) is 25.2. The van der Waals surface area contributed by atoms with E-state index in [4.69, 9.17) is 27.9 Å². The molecular formula is C28H20Cl2N2O4S2. The van der Waals surface area contributed by atoms with Gasteiger partial charge in [-0.2, -0.15) is 0 Å². The highest BCUT2D eigenvalue weighted by Gasteiger charge is 2.56. The van der Waals surface area contributed by atoms with E-state index in [9.17, 15) is 14.4 Å². The van der Waals surface area contributed by atoms with Gasteiger partial charge in [0.1, 0.15) is 17.6 Å². The molecule has 3 aromatic carbocycles. The number of thioether (sulfide) groups is 1. The molecule has 1 fully saturated rings. The monoisotopic (exact) mass is 582 g/mol. The lowest BCUT2D eigenvalue weighted by Gasteiger charge is -2.31. The number of carbonyl (C=O) groups is 2. The molecule has 2 unspecified atom stereocenters. The largest absolute Gasteiger partial charge is 0.489 e. The predicted molar refractivity (Wildman–Crippen MR) is 151 cm³/mol. The molecule has 1 aromatic heterocycles. The molecule has 0 radical (unpaired) electrons. The summed E-state index contributed by atoms with van der Waals surface area (Å²) >= 11 is 14.9. The maximum atomic E-state index is 14.0. The fourth-order valence-corrected chi connectivity index (χ4v) is 7.88. The van der Waals surface area contributed by atoms with Gasteiger partial charge in [-0.3, -0.25) is 14.4 Å². The molecule has 0 saturated carbocycles. The number of aryl methyl sites for hydroxylation is 1. The second kappa shape index (κ2) is 9.93. The first-order valence-electron chi connectivity index (χ1n) is 11.8. The van der Waals surface area contributed by atoms with Crippen LogP contribution in [-0.2, 0) is 16.2 Å². The van der Waals surface area contributed by atoms with E-state index in [0.29, 0.717) is 36.9 Å². The van der Waals surface area contributed by atoms with Crippen molar-refractivity contribution in [2.45, 2.75) is 29.7 Å². The second-order valence-corrected chi connectivity index (χ2v) is 12.2. The predicted octanol–water partition coefficient (Wildman–Crippen LogP) is 6.43. The van der Waals surface area contributed by atoms with Crippen LogP contribution in [0.25, 0.3) is 0 Å². The lowest BCUT2D eigenvalue weighted by molar-refractivity contribution is -0.122. The Kier molecular flexibility index (Phi) is 6.60. The zero-order chi connectivity index (χ0) is 26.6. The van der Waals surface area contributed by atoms with Crippen molar-refractivity contribution in [3.63, 3.8) is 0 Å². The number of aromatic amines is 1. The first-order chi connectivity index (χ1) is 18.3. The van der Waals surface area contributed by atoms with Gasteiger partial charge in [-0.05, 0) is 55.0 Å². The molecule has 0 bridgehead atoms. The normalized spacial score (nSPS) is 20.4. The van der Waals surface area contributed by atoms with E-state index < -0.39 is 17.1 Å². The molecule has 2 aliphatic heterocycles. The molecule has 3 atom stereocenters. The number of anilines is 1. The average molecular weight is 584 g/mol. The number of nitrogens with zero attached hydrogens (tertiary/aromatic N) is 1. The van der Waals surface area contributed by atoms with Gasteiger partial charge >= 0.3 is 4.87 Å². The number of nitrogens with one attached hydrogen (secondary N) is 1. The molecule has 3 heterocycles. The number of thiazole rings is 1. The molecule has 0 aliphatic carbocycles. The Balaban J connectivity index is 1.45. The smallest absolute Gasteiger partial charge is 0.305 e. The van der Waals surface area contributed by atoms with Gasteiger partial charge in [-0.25, -0.2) is 4.90 Å². The van der Waals surface area contributed by atoms with Crippen LogP contribution in [-0.4, -0.2) is 22.0 Å². The summed E-state index contributed by atoms with van der Waals surface area (Å²) in [6.07, 6.45) is 0. The van der Waals surface area contributed by atoms with Crippen LogP contribution in [0.1, 0.15) is 27.5 Å². The molecule has 6 rings (SSSR count). The van der Waals surface area contributed by atoms with E-state index in [0.717, 1.165) is 22.5 Å². The molecule has 1 saturated heterocycles. The maximum Gasteiger partial charge on any atom is 0.305 e. The molecule has 2 aliphatic rings. The first-order valence-corrected chi connectivity index (χ1v) is 14.3. The zero-order valence-corrected chi connectivity index (χ0v) is 23.1. The lowest BCUT2D eigenvalue weighted by Crippen LogP contribution is -2.32. The van der Waals surface area contributed by atoms with Crippen LogP contribution < -0.4 is 14.5 Å². The van der Waals surface area contributed by atoms with Crippen molar-refractivity contribution in [2.75, 3.05) is 4.90 Å². The van der Waals surface area contributed by atoms with Crippen molar-refractivity contribution in [1.29, 1.82) is 0 Å². The van der Waals surface area contributed by atoms with E-state index in [1.54, 1.807) is 36.4 Å². The van der Waals surface area contributed by atoms with Crippen molar-refractivity contribution in [1.82, 2.24) is 4.98 Å². The van der Waals surface area contributed by atoms with Gasteiger partial charge in [0.15, 0.2) is 0 Å². The number of rotatable bonds is 5. The van der Waals surface area contributed by atoms with Crippen molar-refractivity contribution in [3.8, 4) is 5.75 Å². The van der Waals surface area contributed by atoms with Gasteiger partial charge in [-0.15, -0.1) is 0 Å². The molecule has 4 aromatic rings. The van der Waals surface area contributed by atoms with Crippen LogP contribution in [0.5, 0.6) is 5.75 Å². The molecule has 192 valence electrons. The Morgan fingerprint density at radius 1 is 0.947 bits per heavy atom. The Morgan fingerprint density at radius 3 is 2.47 bits per heavy atom. The molecule has 38 heavy (non-hydrogen) atoms. The van der Waals surface area contributed by atoms with Crippen molar-refractivity contribution < 1.29 is 14.3 Å². The summed E-state index contributed by atoms with van der Waals surface area (Å²) in [6, 6.07) is 19.9. The number of benzene rings is 3. The van der Waals surface area contributed by atoms with Gasteiger partial charge < -0.3 is 9.72 Å². The Labute approximate surface area is 236 Å². The summed E-state index contributed by atoms with van der Waals surface area (Å²) in [4.78, 5) is 44.6. The molecule has 6 nitrogen and oxygen atoms in total. The van der Waals surface area contributed by atoms with Crippen LogP contribution in [0.4, 0.5) is 5.69 Å². The number of amides is 2. The summed E-state index contributed by atoms with van der Waals surface area (Å²) in [7, 11) is 0. The number of ether oxygens (including phenoxy) is 1. The maximum absolute atomic E-state index is 14.0. The van der Waals surface area contributed by atoms with Crippen LogP contribution in [0.2, 0.25) is 10.0 Å². The minimum atomic E-state index is -0.736. The number of aromatic nitrogens is 1. The summed E-state index contributed by atoms with van der Waals surface area (Å²) in [5.74, 6) is -1.43. The van der Waals surface area contributed by atoms with Gasteiger partial charge in [-0.1, -0.05) is 76.1 Å². The molecule has 1 N–H and O–H groups in total. The number of halogens is 2. The number of hydrogen-bond donors (Lipinski definition) is 1. The van der Waals surface area contributed by atoms with Crippen molar-refractivity contribution in [2.24, 2.45) is 5.92 Å². The number of imide groups is 1. The van der Waals surface area contributed by atoms with E-state index in [-0.39, 0.29) is 23.3 Å². The molecule has 10 heteroatoms. The Morgan fingerprint density at radius 2 is 1.71 bits per heavy atom. The molecular weight excluding hydrogens is 563 g/mol. The van der Waals surface area contributed by atoms with E-state index in [1.807, 2.05) is 37.3 Å². The lowest BCUT2D eigenvalue weighted by atomic mass is 9.82. The van der Waals surface area contributed by atoms with E-state index in [1.165, 1.54) is 16.7 Å². The highest BCUT2D eigenvalue weighted by molar-refractivity contribution is 8.00. The Bertz CT molecular complexity index is 1630. The highest BCUT2D eigenvalue weighted by atomic mass is 35.5. The van der Waals surface area contributed by atoms with Gasteiger partial charge in [0, 0.05) is 26.4 Å². The standard InChI is InChI=1S/C28H20Cl2N2O4S2/c1-14-5-8-18(9-6-14)32-26(33)22-21(23-25(31-28(35)38-23)37-24(22)27(32)34)19-12-17(30)7-10-20(19)36-13-15-3-2-4-16(29)11-15/h2-12,21-22,24H,13H2,1H3,(H,31,35)/t21-,22?,24?/m1/s1. The second-order valence-electron chi connectivity index (χ2n) is 9.20. The SMILES string of the molecule is Cc1ccc(N2C(=O)C3Sc4[nH]c(=O)sc4[C@H](c4cc(Cl)ccc4OCc4cccc(Cl)c4)C3C2=O)cc1. The third-order valence-electron chi connectivity index (χ3n) is 6.71. The topological polar surface area (TPSA) is 79.5 Å². The van der Waals surface area contributed by atoms with Gasteiger partial charge in [0.2, 0.25) is 11.8 Å². The summed E-state index contributed by atoms with van der Waals surface area (Å²) in [6.45, 7) is 2.19. The number of fused-ring (bicyclic) bond motifs is 2. The quantitative estimate of drug-likeness (QED) is 0.274. The Hall–Kier alpha value is -3.04. The fourth-order valence-electron chi connectivity index (χ4n) is 4.98. The zero-order valence-electron chi connectivity index (χ0n) is 19.9. The van der Waals surface area contributed by atoms with Crippen LogP contribution in [0, 0.1) is 12.8 Å². The van der Waals surface area contributed by atoms with Gasteiger partial charge in [0.05, 0.1) is 16.6 Å². The third kappa shape index (κ3) is 4.45. The number of H-pyrrole nitrogens is 1. The van der Waals surface area contributed by atoms with Crippen molar-refractivity contribution >= 4 is 63.8 Å². The average Bonchev–Trinajstić information content (AvgIpc) is 3.38. The number of hydrogen-bond acceptors (Lipinski definition) is 6. The molecule has 2 amide bonds. The van der Waals surface area contributed by atoms with Crippen molar-refractivity contribution in [3.05, 3.63) is 108 Å². The van der Waals surface area contributed by atoms with Crippen LogP contribution in [0.15, 0.2) is 76.6 Å². The number of carbonyl (C=O) groups excluding carboxylic acids is 2.